The molecule has 1 aromatic heterocycles. The fourth-order valence-electron chi connectivity index (χ4n) is 2.64. The molecule has 0 unspecified atom stereocenters. The van der Waals surface area contributed by atoms with Crippen LogP contribution in [-0.2, 0) is 0 Å². The number of nitrogens with zero attached hydrogens (tertiary/aromatic N) is 1. The molecule has 0 fully saturated rings. The summed E-state index contributed by atoms with van der Waals surface area (Å²) in [6.07, 6.45) is 2.71. The van der Waals surface area contributed by atoms with Gasteiger partial charge in [-0.3, -0.25) is 0 Å². The topological polar surface area (TPSA) is 54.4 Å². The summed E-state index contributed by atoms with van der Waals surface area (Å²) in [6.45, 7) is 2.23. The van der Waals surface area contributed by atoms with Crippen molar-refractivity contribution in [3.05, 3.63) is 83.1 Å². The van der Waals surface area contributed by atoms with Crippen molar-refractivity contribution in [2.24, 2.45) is 0 Å². The van der Waals surface area contributed by atoms with E-state index in [2.05, 4.69) is 22.1 Å². The third kappa shape index (κ3) is 6.92. The maximum atomic E-state index is 8.70. The number of aromatic nitrogens is 1. The molecular formula is C24H23ClN2O2. The predicted molar refractivity (Wildman–Crippen MR) is 117 cm³/mol. The summed E-state index contributed by atoms with van der Waals surface area (Å²) in [5.41, 5.74) is 3.73. The van der Waals surface area contributed by atoms with Crippen LogP contribution < -0.4 is 10.1 Å². The number of aliphatic hydroxyl groups is 1. The predicted octanol–water partition coefficient (Wildman–Crippen LogP) is 4.15. The van der Waals surface area contributed by atoms with Crippen molar-refractivity contribution in [2.45, 2.75) is 6.42 Å². The number of aliphatic hydroxyl groups excluding tert-OH is 1. The van der Waals surface area contributed by atoms with E-state index in [4.69, 9.17) is 21.4 Å². The lowest BCUT2D eigenvalue weighted by molar-refractivity contribution is 0.282. The van der Waals surface area contributed by atoms with Gasteiger partial charge in [-0.1, -0.05) is 35.7 Å². The van der Waals surface area contributed by atoms with E-state index in [-0.39, 0.29) is 6.61 Å². The fraction of sp³-hybridized carbons (Fsp3) is 0.208. The minimum Gasteiger partial charge on any atom is -0.494 e. The van der Waals surface area contributed by atoms with Crippen LogP contribution in [0.4, 0.5) is 0 Å². The van der Waals surface area contributed by atoms with Crippen LogP contribution in [0.5, 0.6) is 5.75 Å². The lowest BCUT2D eigenvalue weighted by Crippen LogP contribution is -2.20. The van der Waals surface area contributed by atoms with Crippen LogP contribution in [-0.4, -0.2) is 36.4 Å². The van der Waals surface area contributed by atoms with Gasteiger partial charge in [-0.05, 0) is 66.9 Å². The maximum absolute atomic E-state index is 8.70. The van der Waals surface area contributed by atoms with Crippen LogP contribution >= 0.6 is 11.6 Å². The molecule has 5 heteroatoms. The minimum absolute atomic E-state index is 0.158. The number of ether oxygens (including phenoxy) is 1. The summed E-state index contributed by atoms with van der Waals surface area (Å²) in [7, 11) is 0. The first-order chi connectivity index (χ1) is 14.2. The molecule has 4 nitrogen and oxygen atoms in total. The SMILES string of the molecule is OCCNCCCOc1ccc(C#Cc2ccc(-c3ccc(Cl)cc3)cn2)cc1. The Labute approximate surface area is 176 Å². The third-order valence-corrected chi connectivity index (χ3v) is 4.44. The van der Waals surface area contributed by atoms with Gasteiger partial charge in [-0.15, -0.1) is 0 Å². The standard InChI is InChI=1S/C24H23ClN2O2/c25-22-8-5-20(6-9-22)21-7-11-23(27-18-21)10-2-19-3-12-24(13-4-19)29-17-1-14-26-15-16-28/h3-9,11-13,18,26,28H,1,14-17H2. The highest BCUT2D eigenvalue weighted by Crippen LogP contribution is 2.20. The Hall–Kier alpha value is -2.84. The summed E-state index contributed by atoms with van der Waals surface area (Å²) >= 11 is 5.93. The average Bonchev–Trinajstić information content (AvgIpc) is 2.76. The summed E-state index contributed by atoms with van der Waals surface area (Å²) in [6, 6.07) is 19.3. The zero-order chi connectivity index (χ0) is 20.3. The minimum atomic E-state index is 0.158. The van der Waals surface area contributed by atoms with Crippen molar-refractivity contribution in [3.8, 4) is 28.7 Å². The van der Waals surface area contributed by atoms with Crippen LogP contribution in [0.3, 0.4) is 0 Å². The van der Waals surface area contributed by atoms with Gasteiger partial charge in [-0.2, -0.15) is 0 Å². The van der Waals surface area contributed by atoms with E-state index in [0.29, 0.717) is 13.2 Å². The highest BCUT2D eigenvalue weighted by Gasteiger charge is 1.99. The Balaban J connectivity index is 1.52. The van der Waals surface area contributed by atoms with Crippen LogP contribution in [0.25, 0.3) is 11.1 Å². The van der Waals surface area contributed by atoms with E-state index in [9.17, 15) is 0 Å². The molecule has 2 aromatic carbocycles. The molecule has 148 valence electrons. The Morgan fingerprint density at radius 1 is 0.897 bits per heavy atom. The molecule has 0 spiro atoms. The fourth-order valence-corrected chi connectivity index (χ4v) is 2.77. The van der Waals surface area contributed by atoms with Gasteiger partial charge in [0.15, 0.2) is 0 Å². The summed E-state index contributed by atoms with van der Waals surface area (Å²) in [4.78, 5) is 4.43. The Bertz CT molecular complexity index is 943. The van der Waals surface area contributed by atoms with Gasteiger partial charge in [0.2, 0.25) is 0 Å². The Morgan fingerprint density at radius 2 is 1.66 bits per heavy atom. The second-order valence-corrected chi connectivity index (χ2v) is 6.83. The van der Waals surface area contributed by atoms with Crippen molar-refractivity contribution < 1.29 is 9.84 Å². The number of hydrogen-bond donors (Lipinski definition) is 2. The van der Waals surface area contributed by atoms with E-state index >= 15 is 0 Å². The lowest BCUT2D eigenvalue weighted by atomic mass is 10.1. The average molecular weight is 407 g/mol. The van der Waals surface area contributed by atoms with Gasteiger partial charge in [-0.25, -0.2) is 4.98 Å². The largest absolute Gasteiger partial charge is 0.494 e. The van der Waals surface area contributed by atoms with Gasteiger partial charge in [0.1, 0.15) is 11.4 Å². The molecule has 0 amide bonds. The zero-order valence-corrected chi connectivity index (χ0v) is 16.8. The van der Waals surface area contributed by atoms with Gasteiger partial charge in [0, 0.05) is 28.9 Å². The molecule has 0 aliphatic carbocycles. The highest BCUT2D eigenvalue weighted by atomic mass is 35.5. The van der Waals surface area contributed by atoms with Gasteiger partial charge >= 0.3 is 0 Å². The van der Waals surface area contributed by atoms with E-state index in [1.54, 1.807) is 0 Å². The smallest absolute Gasteiger partial charge is 0.119 e. The van der Waals surface area contributed by atoms with Gasteiger partial charge < -0.3 is 15.2 Å². The zero-order valence-electron chi connectivity index (χ0n) is 16.1. The molecule has 2 N–H and O–H groups in total. The Morgan fingerprint density at radius 3 is 2.34 bits per heavy atom. The quantitative estimate of drug-likeness (QED) is 0.436. The number of pyridine rings is 1. The van der Waals surface area contributed by atoms with Crippen molar-refractivity contribution in [1.82, 2.24) is 10.3 Å². The number of nitrogens with one attached hydrogen (secondary N) is 1. The first kappa shape index (κ1) is 20.9. The highest BCUT2D eigenvalue weighted by molar-refractivity contribution is 6.30. The molecule has 29 heavy (non-hydrogen) atoms. The lowest BCUT2D eigenvalue weighted by Gasteiger charge is -2.06. The van der Waals surface area contributed by atoms with Gasteiger partial charge in [0.05, 0.1) is 13.2 Å². The Kier molecular flexibility index (Phi) is 8.09. The third-order valence-electron chi connectivity index (χ3n) is 4.19. The molecule has 0 atom stereocenters. The van der Waals surface area contributed by atoms with Crippen LogP contribution in [0.1, 0.15) is 17.7 Å². The monoisotopic (exact) mass is 406 g/mol. The molecule has 1 heterocycles. The molecule has 0 saturated carbocycles. The summed E-state index contributed by atoms with van der Waals surface area (Å²) in [5.74, 6) is 7.04. The second-order valence-electron chi connectivity index (χ2n) is 6.39. The van der Waals surface area contributed by atoms with Crippen LogP contribution in [0.2, 0.25) is 5.02 Å². The molecule has 0 bridgehead atoms. The van der Waals surface area contributed by atoms with E-state index < -0.39 is 0 Å². The number of benzene rings is 2. The number of hydrogen-bond acceptors (Lipinski definition) is 4. The van der Waals surface area contributed by atoms with Crippen molar-refractivity contribution in [1.29, 1.82) is 0 Å². The molecule has 0 aliphatic rings. The van der Waals surface area contributed by atoms with Crippen molar-refractivity contribution >= 4 is 11.6 Å². The summed E-state index contributed by atoms with van der Waals surface area (Å²) < 4.78 is 5.70. The molecule has 0 saturated heterocycles. The first-order valence-electron chi connectivity index (χ1n) is 9.53. The number of halogens is 1. The first-order valence-corrected chi connectivity index (χ1v) is 9.91. The molecule has 3 aromatic rings. The van der Waals surface area contributed by atoms with Crippen LogP contribution in [0, 0.1) is 11.8 Å². The molecular weight excluding hydrogens is 384 g/mol. The summed E-state index contributed by atoms with van der Waals surface area (Å²) in [5, 5.41) is 12.5. The van der Waals surface area contributed by atoms with E-state index in [1.807, 2.05) is 66.9 Å². The van der Waals surface area contributed by atoms with Gasteiger partial charge in [0.25, 0.3) is 0 Å². The maximum Gasteiger partial charge on any atom is 0.119 e. The molecule has 3 rings (SSSR count). The normalized spacial score (nSPS) is 10.3. The van der Waals surface area contributed by atoms with Crippen molar-refractivity contribution in [2.75, 3.05) is 26.3 Å². The molecule has 0 radical (unpaired) electrons. The van der Waals surface area contributed by atoms with E-state index in [1.165, 1.54) is 0 Å². The van der Waals surface area contributed by atoms with E-state index in [0.717, 1.165) is 46.1 Å². The molecule has 0 aliphatic heterocycles. The number of rotatable bonds is 8. The second kappa shape index (κ2) is 11.2. The van der Waals surface area contributed by atoms with Crippen molar-refractivity contribution in [3.63, 3.8) is 0 Å². The van der Waals surface area contributed by atoms with Crippen LogP contribution in [0.15, 0.2) is 66.9 Å².